The molecule has 1 aliphatic heterocycles. The lowest BCUT2D eigenvalue weighted by Gasteiger charge is -2.26. The maximum Gasteiger partial charge on any atom is 0.295 e. The number of H-pyrrole nitrogens is 1. The monoisotopic (exact) mass is 498 g/mol. The smallest absolute Gasteiger partial charge is 0.295 e. The first kappa shape index (κ1) is 24.3. The van der Waals surface area contributed by atoms with Gasteiger partial charge in [-0.2, -0.15) is 0 Å². The molecular weight excluding hydrogens is 471 g/mol. The van der Waals surface area contributed by atoms with E-state index in [1.54, 1.807) is 31.4 Å². The zero-order valence-corrected chi connectivity index (χ0v) is 21.1. The van der Waals surface area contributed by atoms with E-state index in [0.29, 0.717) is 22.4 Å². The quantitative estimate of drug-likeness (QED) is 0.205. The first-order valence-corrected chi connectivity index (χ1v) is 12.0. The number of aryl methyl sites for hydroxylation is 3. The number of halogens is 1. The minimum Gasteiger partial charge on any atom is -0.507 e. The van der Waals surface area contributed by atoms with Crippen LogP contribution < -0.4 is 4.74 Å². The SMILES string of the molecule is COc1cc(C)c(/C(O)=C2\C(=O)C(=O)N(Cc3ccc(F)cc3)C2c2c(C)[nH]c3ccccc23)cc1C. The average molecular weight is 499 g/mol. The van der Waals surface area contributed by atoms with E-state index < -0.39 is 17.7 Å². The zero-order valence-electron chi connectivity index (χ0n) is 21.1. The van der Waals surface area contributed by atoms with Crippen LogP contribution in [-0.4, -0.2) is 33.8 Å². The first-order chi connectivity index (χ1) is 17.7. The predicted molar refractivity (Wildman–Crippen MR) is 140 cm³/mol. The number of rotatable bonds is 5. The predicted octanol–water partition coefficient (Wildman–Crippen LogP) is 5.86. The third-order valence-corrected chi connectivity index (χ3v) is 7.02. The summed E-state index contributed by atoms with van der Waals surface area (Å²) in [6.07, 6.45) is 0. The first-order valence-electron chi connectivity index (χ1n) is 12.0. The number of amides is 1. The van der Waals surface area contributed by atoms with Crippen LogP contribution in [0.4, 0.5) is 4.39 Å². The summed E-state index contributed by atoms with van der Waals surface area (Å²) in [5.74, 6) is -1.45. The fourth-order valence-corrected chi connectivity index (χ4v) is 5.19. The molecule has 5 rings (SSSR count). The molecule has 1 atom stereocenters. The van der Waals surface area contributed by atoms with Gasteiger partial charge in [0.2, 0.25) is 0 Å². The number of benzene rings is 3. The normalized spacial score (nSPS) is 17.1. The van der Waals surface area contributed by atoms with Gasteiger partial charge in [-0.05, 0) is 67.8 Å². The van der Waals surface area contributed by atoms with Gasteiger partial charge in [-0.1, -0.05) is 30.3 Å². The molecule has 1 saturated heterocycles. The van der Waals surface area contributed by atoms with Gasteiger partial charge in [-0.15, -0.1) is 0 Å². The van der Waals surface area contributed by atoms with Gasteiger partial charge in [-0.25, -0.2) is 4.39 Å². The van der Waals surface area contributed by atoms with Crippen LogP contribution in [0.15, 0.2) is 66.2 Å². The number of nitrogens with zero attached hydrogens (tertiary/aromatic N) is 1. The van der Waals surface area contributed by atoms with Gasteiger partial charge in [0.25, 0.3) is 11.7 Å². The molecule has 0 spiro atoms. The van der Waals surface area contributed by atoms with E-state index in [-0.39, 0.29) is 23.7 Å². The Morgan fingerprint density at radius 1 is 1.03 bits per heavy atom. The Morgan fingerprint density at radius 2 is 1.73 bits per heavy atom. The number of nitrogens with one attached hydrogen (secondary N) is 1. The second-order valence-electron chi connectivity index (χ2n) is 9.40. The molecule has 2 heterocycles. The number of para-hydroxylation sites is 1. The van der Waals surface area contributed by atoms with Crippen molar-refractivity contribution in [2.75, 3.05) is 7.11 Å². The number of aromatic nitrogens is 1. The fourth-order valence-electron chi connectivity index (χ4n) is 5.19. The van der Waals surface area contributed by atoms with Crippen molar-refractivity contribution >= 4 is 28.4 Å². The van der Waals surface area contributed by atoms with Crippen LogP contribution in [0.3, 0.4) is 0 Å². The van der Waals surface area contributed by atoms with Crippen LogP contribution in [-0.2, 0) is 16.1 Å². The highest BCUT2D eigenvalue weighted by Gasteiger charge is 2.47. The van der Waals surface area contributed by atoms with Crippen molar-refractivity contribution in [2.45, 2.75) is 33.4 Å². The Labute approximate surface area is 214 Å². The van der Waals surface area contributed by atoms with E-state index >= 15 is 0 Å². The number of ketones is 1. The summed E-state index contributed by atoms with van der Waals surface area (Å²) >= 11 is 0. The Hall–Kier alpha value is -4.39. The molecule has 0 radical (unpaired) electrons. The number of hydrogen-bond donors (Lipinski definition) is 2. The molecule has 0 saturated carbocycles. The average Bonchev–Trinajstić information content (AvgIpc) is 3.33. The highest BCUT2D eigenvalue weighted by molar-refractivity contribution is 6.46. The van der Waals surface area contributed by atoms with Crippen molar-refractivity contribution < 1.29 is 23.8 Å². The Balaban J connectivity index is 1.75. The zero-order chi connectivity index (χ0) is 26.4. The van der Waals surface area contributed by atoms with Gasteiger partial charge >= 0.3 is 0 Å². The molecule has 37 heavy (non-hydrogen) atoms. The third kappa shape index (κ3) is 4.06. The molecular formula is C30H27FN2O4. The fraction of sp³-hybridized carbons (Fsp3) is 0.200. The maximum atomic E-state index is 13.6. The minimum absolute atomic E-state index is 0.0210. The van der Waals surface area contributed by atoms with Gasteiger partial charge < -0.3 is 19.7 Å². The maximum absolute atomic E-state index is 13.6. The molecule has 1 fully saturated rings. The van der Waals surface area contributed by atoms with Crippen LogP contribution in [0, 0.1) is 26.6 Å². The molecule has 0 aliphatic carbocycles. The van der Waals surface area contributed by atoms with Crippen LogP contribution in [0.5, 0.6) is 5.75 Å². The highest BCUT2D eigenvalue weighted by Crippen LogP contribution is 2.44. The van der Waals surface area contributed by atoms with Gasteiger partial charge in [-0.3, -0.25) is 9.59 Å². The number of carbonyl (C=O) groups is 2. The lowest BCUT2D eigenvalue weighted by Crippen LogP contribution is -2.29. The summed E-state index contributed by atoms with van der Waals surface area (Å²) in [6.45, 7) is 5.63. The summed E-state index contributed by atoms with van der Waals surface area (Å²) in [6, 6.07) is 16.2. The molecule has 0 bridgehead atoms. The van der Waals surface area contributed by atoms with E-state index in [2.05, 4.69) is 4.98 Å². The molecule has 188 valence electrons. The summed E-state index contributed by atoms with van der Waals surface area (Å²) in [5.41, 5.74) is 5.02. The molecule has 1 amide bonds. The number of methoxy groups -OCH3 is 1. The van der Waals surface area contributed by atoms with Crippen molar-refractivity contribution in [2.24, 2.45) is 0 Å². The molecule has 2 N–H and O–H groups in total. The number of aliphatic hydroxyl groups is 1. The molecule has 4 aromatic rings. The number of likely N-dealkylation sites (tertiary alicyclic amines) is 1. The standard InChI is InChI=1S/C30H27FN2O4/c1-16-14-24(37-4)17(2)13-22(16)28(34)26-27(25-18(3)32-23-8-6-5-7-21(23)25)33(30(36)29(26)35)15-19-9-11-20(31)12-10-19/h5-14,27,32,34H,15H2,1-4H3/b28-26+. The van der Waals surface area contributed by atoms with Gasteiger partial charge in [0, 0.05) is 34.3 Å². The molecule has 6 nitrogen and oxygen atoms in total. The van der Waals surface area contributed by atoms with Crippen molar-refractivity contribution in [3.8, 4) is 5.75 Å². The lowest BCUT2D eigenvalue weighted by atomic mass is 9.91. The number of carbonyl (C=O) groups excluding carboxylic acids is 2. The van der Waals surface area contributed by atoms with E-state index in [0.717, 1.165) is 27.7 Å². The van der Waals surface area contributed by atoms with Crippen LogP contribution >= 0.6 is 0 Å². The van der Waals surface area contributed by atoms with Gasteiger partial charge in [0.15, 0.2) is 0 Å². The Morgan fingerprint density at radius 3 is 2.43 bits per heavy atom. The number of fused-ring (bicyclic) bond motifs is 1. The third-order valence-electron chi connectivity index (χ3n) is 7.02. The number of aromatic amines is 1. The largest absolute Gasteiger partial charge is 0.507 e. The highest BCUT2D eigenvalue weighted by atomic mass is 19.1. The van der Waals surface area contributed by atoms with E-state index in [1.807, 2.05) is 45.0 Å². The second kappa shape index (κ2) is 9.24. The summed E-state index contributed by atoms with van der Waals surface area (Å²) in [5, 5.41) is 12.5. The van der Waals surface area contributed by atoms with Crippen molar-refractivity contribution in [1.82, 2.24) is 9.88 Å². The van der Waals surface area contributed by atoms with E-state index in [1.165, 1.54) is 17.0 Å². The summed E-state index contributed by atoms with van der Waals surface area (Å²) in [7, 11) is 1.57. The lowest BCUT2D eigenvalue weighted by molar-refractivity contribution is -0.140. The minimum atomic E-state index is -0.844. The summed E-state index contributed by atoms with van der Waals surface area (Å²) in [4.78, 5) is 31.8. The van der Waals surface area contributed by atoms with Crippen LogP contribution in [0.1, 0.15) is 39.6 Å². The van der Waals surface area contributed by atoms with Crippen molar-refractivity contribution in [3.05, 3.63) is 106 Å². The molecule has 1 aliphatic rings. The number of Topliss-reactive ketones (excluding diaryl/α,β-unsaturated/α-hetero) is 1. The van der Waals surface area contributed by atoms with Crippen molar-refractivity contribution in [1.29, 1.82) is 0 Å². The van der Waals surface area contributed by atoms with Crippen LogP contribution in [0.2, 0.25) is 0 Å². The molecule has 1 aromatic heterocycles. The summed E-state index contributed by atoms with van der Waals surface area (Å²) < 4.78 is 19.0. The topological polar surface area (TPSA) is 82.6 Å². The van der Waals surface area contributed by atoms with E-state index in [9.17, 15) is 19.1 Å². The number of aliphatic hydroxyl groups excluding tert-OH is 1. The number of hydrogen-bond acceptors (Lipinski definition) is 4. The Bertz CT molecular complexity index is 1580. The van der Waals surface area contributed by atoms with Gasteiger partial charge in [0.1, 0.15) is 17.3 Å². The Kier molecular flexibility index (Phi) is 6.07. The molecule has 7 heteroatoms. The molecule has 3 aromatic carbocycles. The van der Waals surface area contributed by atoms with Gasteiger partial charge in [0.05, 0.1) is 18.7 Å². The van der Waals surface area contributed by atoms with E-state index in [4.69, 9.17) is 4.74 Å². The second-order valence-corrected chi connectivity index (χ2v) is 9.40. The number of ether oxygens (including phenoxy) is 1. The van der Waals surface area contributed by atoms with Crippen LogP contribution in [0.25, 0.3) is 16.7 Å². The molecule has 1 unspecified atom stereocenters. The van der Waals surface area contributed by atoms with Crippen molar-refractivity contribution in [3.63, 3.8) is 0 Å².